The van der Waals surface area contributed by atoms with E-state index >= 15 is 0 Å². The minimum Gasteiger partial charge on any atom is -0.310 e. The Bertz CT molecular complexity index is 3920. The zero-order chi connectivity index (χ0) is 48.3. The number of para-hydroxylation sites is 2. The maximum atomic E-state index is 5.47. The lowest BCUT2D eigenvalue weighted by Crippen LogP contribution is -2.29. The highest BCUT2D eigenvalue weighted by atomic mass is 15.1. The summed E-state index contributed by atoms with van der Waals surface area (Å²) in [6, 6.07) is 107. The van der Waals surface area contributed by atoms with Crippen molar-refractivity contribution in [2.45, 2.75) is 10.8 Å². The van der Waals surface area contributed by atoms with E-state index in [0.717, 1.165) is 50.3 Å². The first kappa shape index (κ1) is 42.5. The molecule has 2 aliphatic rings. The summed E-state index contributed by atoms with van der Waals surface area (Å²) < 4.78 is 0. The number of aromatic nitrogens is 1. The van der Waals surface area contributed by atoms with Crippen molar-refractivity contribution in [1.29, 1.82) is 0 Å². The zero-order valence-electron chi connectivity index (χ0n) is 40.1. The molecule has 0 fully saturated rings. The predicted molar refractivity (Wildman–Crippen MR) is 302 cm³/mol. The molecular weight excluding hydrogens is 881 g/mol. The van der Waals surface area contributed by atoms with Crippen LogP contribution in [-0.2, 0) is 10.8 Å². The van der Waals surface area contributed by atoms with Gasteiger partial charge in [0.25, 0.3) is 0 Å². The highest BCUT2D eigenvalue weighted by molar-refractivity contribution is 5.96. The van der Waals surface area contributed by atoms with Gasteiger partial charge in [0.05, 0.1) is 22.0 Å². The van der Waals surface area contributed by atoms with Gasteiger partial charge in [0.1, 0.15) is 0 Å². The van der Waals surface area contributed by atoms with Crippen molar-refractivity contribution in [1.82, 2.24) is 4.98 Å². The van der Waals surface area contributed by atoms with Crippen molar-refractivity contribution in [3.63, 3.8) is 0 Å². The molecule has 2 nitrogen and oxygen atoms in total. The van der Waals surface area contributed by atoms with Crippen LogP contribution in [0.2, 0.25) is 0 Å². The van der Waals surface area contributed by atoms with Crippen molar-refractivity contribution in [3.8, 4) is 44.6 Å². The Morgan fingerprint density at radius 3 is 1.22 bits per heavy atom. The van der Waals surface area contributed by atoms with Crippen LogP contribution in [0.4, 0.5) is 17.1 Å². The van der Waals surface area contributed by atoms with Crippen molar-refractivity contribution >= 4 is 28.0 Å². The van der Waals surface area contributed by atoms with E-state index in [9.17, 15) is 0 Å². The van der Waals surface area contributed by atoms with Crippen LogP contribution in [-0.4, -0.2) is 4.98 Å². The molecule has 0 bridgehead atoms. The molecule has 0 saturated carbocycles. The summed E-state index contributed by atoms with van der Waals surface area (Å²) in [5.41, 5.74) is 22.2. The molecule has 0 unspecified atom stereocenters. The lowest BCUT2D eigenvalue weighted by molar-refractivity contribution is 0.767. The fourth-order valence-corrected chi connectivity index (χ4v) is 12.5. The summed E-state index contributed by atoms with van der Waals surface area (Å²) in [5.74, 6) is 0. The van der Waals surface area contributed by atoms with Gasteiger partial charge in [-0.3, -0.25) is 0 Å². The number of rotatable bonds is 9. The van der Waals surface area contributed by atoms with Gasteiger partial charge in [-0.05, 0) is 127 Å². The SMILES string of the molecule is c1ccc(-c2cc3ccccc3nc2-c2ccc3c(c2)C(c2ccccc2)(c2ccccc2)c2cc(N(c4ccccc4)c4ccc5c(c4)C(c4ccccc4)(c4ccccc4)c4ccccc4-5)ccc2-3)cc1. The third kappa shape index (κ3) is 6.54. The lowest BCUT2D eigenvalue weighted by Gasteiger charge is -2.36. The Kier molecular flexibility index (Phi) is 10.0. The number of nitrogens with zero attached hydrogens (tertiary/aromatic N) is 2. The van der Waals surface area contributed by atoms with E-state index in [4.69, 9.17) is 4.98 Å². The van der Waals surface area contributed by atoms with Gasteiger partial charge in [0, 0.05) is 33.6 Å². The second kappa shape index (κ2) is 17.2. The van der Waals surface area contributed by atoms with E-state index < -0.39 is 10.8 Å². The normalized spacial score (nSPS) is 13.4. The molecule has 0 atom stereocenters. The Labute approximate surface area is 426 Å². The second-order valence-electron chi connectivity index (χ2n) is 19.3. The molecule has 14 rings (SSSR count). The van der Waals surface area contributed by atoms with Gasteiger partial charge in [0.15, 0.2) is 0 Å². The van der Waals surface area contributed by atoms with Gasteiger partial charge in [-0.1, -0.05) is 237 Å². The van der Waals surface area contributed by atoms with Crippen LogP contribution in [0.5, 0.6) is 0 Å². The quantitative estimate of drug-likeness (QED) is 0.143. The van der Waals surface area contributed by atoms with Crippen molar-refractivity contribution in [2.24, 2.45) is 0 Å². The molecule has 2 heteroatoms. The first-order valence-corrected chi connectivity index (χ1v) is 25.3. The molecule has 73 heavy (non-hydrogen) atoms. The van der Waals surface area contributed by atoms with Crippen LogP contribution in [0.1, 0.15) is 44.5 Å². The molecule has 0 aliphatic heterocycles. The Morgan fingerprint density at radius 1 is 0.260 bits per heavy atom. The number of benzene rings is 11. The highest BCUT2D eigenvalue weighted by Crippen LogP contribution is 2.60. The zero-order valence-corrected chi connectivity index (χ0v) is 40.1. The minimum absolute atomic E-state index is 0.542. The molecule has 1 heterocycles. The molecule has 2 aliphatic carbocycles. The smallest absolute Gasteiger partial charge is 0.0788 e. The van der Waals surface area contributed by atoms with Crippen molar-refractivity contribution in [2.75, 3.05) is 4.90 Å². The minimum atomic E-state index is -0.680. The van der Waals surface area contributed by atoms with Crippen LogP contribution >= 0.6 is 0 Å². The fraction of sp³-hybridized carbons (Fsp3) is 0.0282. The predicted octanol–water partition coefficient (Wildman–Crippen LogP) is 17.8. The van der Waals surface area contributed by atoms with Gasteiger partial charge in [0.2, 0.25) is 0 Å². The number of hydrogen-bond acceptors (Lipinski definition) is 2. The van der Waals surface area contributed by atoms with Crippen molar-refractivity contribution < 1.29 is 0 Å². The molecule has 1 aromatic heterocycles. The number of anilines is 3. The lowest BCUT2D eigenvalue weighted by atomic mass is 9.67. The van der Waals surface area contributed by atoms with Crippen LogP contribution in [0.3, 0.4) is 0 Å². The summed E-state index contributed by atoms with van der Waals surface area (Å²) in [6.07, 6.45) is 0. The molecule has 12 aromatic rings. The summed E-state index contributed by atoms with van der Waals surface area (Å²) in [4.78, 5) is 7.94. The molecule has 11 aromatic carbocycles. The summed E-state index contributed by atoms with van der Waals surface area (Å²) >= 11 is 0. The fourth-order valence-electron chi connectivity index (χ4n) is 12.5. The van der Waals surface area contributed by atoms with Crippen molar-refractivity contribution in [3.05, 3.63) is 336 Å². The molecule has 0 spiro atoms. The first-order chi connectivity index (χ1) is 36.2. The van der Waals surface area contributed by atoms with Gasteiger partial charge in [-0.25, -0.2) is 4.98 Å². The first-order valence-electron chi connectivity index (χ1n) is 25.3. The summed E-state index contributed by atoms with van der Waals surface area (Å²) in [7, 11) is 0. The van der Waals surface area contributed by atoms with E-state index in [1.807, 2.05) is 0 Å². The van der Waals surface area contributed by atoms with Crippen LogP contribution in [0.15, 0.2) is 291 Å². The molecule has 0 saturated heterocycles. The third-order valence-electron chi connectivity index (χ3n) is 15.6. The number of pyridine rings is 1. The molecular formula is C71H48N2. The summed E-state index contributed by atoms with van der Waals surface area (Å²) in [5, 5.41) is 1.12. The average molecular weight is 929 g/mol. The molecule has 0 radical (unpaired) electrons. The van der Waals surface area contributed by atoms with Gasteiger partial charge in [-0.15, -0.1) is 0 Å². The molecule has 0 N–H and O–H groups in total. The van der Waals surface area contributed by atoms with Crippen LogP contribution in [0.25, 0.3) is 55.5 Å². The molecule has 342 valence electrons. The Morgan fingerprint density at radius 2 is 0.671 bits per heavy atom. The van der Waals surface area contributed by atoms with E-state index in [2.05, 4.69) is 296 Å². The average Bonchev–Trinajstić information content (AvgIpc) is 4.00. The van der Waals surface area contributed by atoms with Gasteiger partial charge in [-0.2, -0.15) is 0 Å². The largest absolute Gasteiger partial charge is 0.310 e. The van der Waals surface area contributed by atoms with E-state index in [-0.39, 0.29) is 0 Å². The topological polar surface area (TPSA) is 16.1 Å². The maximum absolute atomic E-state index is 5.47. The van der Waals surface area contributed by atoms with E-state index in [0.29, 0.717) is 0 Å². The summed E-state index contributed by atoms with van der Waals surface area (Å²) in [6.45, 7) is 0. The van der Waals surface area contributed by atoms with E-state index in [1.165, 1.54) is 66.8 Å². The Hall–Kier alpha value is -9.37. The van der Waals surface area contributed by atoms with Gasteiger partial charge < -0.3 is 4.90 Å². The van der Waals surface area contributed by atoms with Crippen LogP contribution in [0, 0.1) is 0 Å². The number of fused-ring (bicyclic) bond motifs is 7. The third-order valence-corrected chi connectivity index (χ3v) is 15.6. The van der Waals surface area contributed by atoms with Gasteiger partial charge >= 0.3 is 0 Å². The highest BCUT2D eigenvalue weighted by Gasteiger charge is 2.48. The molecule has 0 amide bonds. The standard InChI is InChI=1S/C71H48N2/c1-7-23-49(24-8-1)63-45-50-25-19-22-38-68(50)72-69(63)51-39-42-60-62-44-41-58(48-67(62)71(65(60)46-51,54-30-13-4-14-31-54)55-32-15-5-16-33-55)73(56-34-17-6-18-35-56)57-40-43-61-59-36-20-21-37-64(59)70(66(61)47-57,52-26-9-2-10-27-52)53-28-11-3-12-29-53/h1-48H. The second-order valence-corrected chi connectivity index (χ2v) is 19.3. The maximum Gasteiger partial charge on any atom is 0.0788 e. The van der Waals surface area contributed by atoms with Crippen LogP contribution < -0.4 is 4.90 Å². The monoisotopic (exact) mass is 928 g/mol. The van der Waals surface area contributed by atoms with E-state index in [1.54, 1.807) is 0 Å². The Balaban J connectivity index is 1.01. The number of hydrogen-bond donors (Lipinski definition) is 0.